The number of benzene rings is 1. The van der Waals surface area contributed by atoms with Crippen molar-refractivity contribution in [1.82, 2.24) is 9.55 Å². The lowest BCUT2D eigenvalue weighted by Gasteiger charge is -2.12. The first kappa shape index (κ1) is 17.3. The Morgan fingerprint density at radius 1 is 1.28 bits per heavy atom. The van der Waals surface area contributed by atoms with Crippen LogP contribution in [0.2, 0.25) is 0 Å². The number of aryl methyl sites for hydroxylation is 1. The van der Waals surface area contributed by atoms with Crippen molar-refractivity contribution in [2.24, 2.45) is 0 Å². The zero-order valence-corrected chi connectivity index (χ0v) is 14.6. The molecule has 6 nitrogen and oxygen atoms in total. The Balaban J connectivity index is 2.05. The molecule has 0 saturated carbocycles. The third-order valence-corrected chi connectivity index (χ3v) is 4.87. The minimum Gasteiger partial charge on any atom is -0.478 e. The topological polar surface area (TPSA) is 81.4 Å². The maximum Gasteiger partial charge on any atom is 0.337 e. The Bertz CT molecular complexity index is 947. The summed E-state index contributed by atoms with van der Waals surface area (Å²) in [7, 11) is 1.60. The molecule has 0 bridgehead atoms. The van der Waals surface area contributed by atoms with E-state index in [1.165, 1.54) is 16.7 Å². The number of ether oxygens (including phenoxy) is 1. The maximum absolute atomic E-state index is 12.9. The van der Waals surface area contributed by atoms with Gasteiger partial charge in [0.1, 0.15) is 10.7 Å². The van der Waals surface area contributed by atoms with Crippen LogP contribution >= 0.6 is 11.3 Å². The van der Waals surface area contributed by atoms with Gasteiger partial charge in [0.15, 0.2) is 0 Å². The Hall–Kier alpha value is -2.51. The first-order valence-corrected chi connectivity index (χ1v) is 8.77. The third-order valence-electron chi connectivity index (χ3n) is 4.00. The summed E-state index contributed by atoms with van der Waals surface area (Å²) in [5.41, 5.74) is 0.825. The molecule has 2 heterocycles. The molecule has 0 amide bonds. The molecule has 0 aliphatic rings. The smallest absolute Gasteiger partial charge is 0.337 e. The lowest BCUT2D eigenvalue weighted by Crippen LogP contribution is -2.27. The van der Waals surface area contributed by atoms with E-state index < -0.39 is 5.97 Å². The highest BCUT2D eigenvalue weighted by Gasteiger charge is 2.19. The van der Waals surface area contributed by atoms with Gasteiger partial charge < -0.3 is 9.84 Å². The molecule has 0 aliphatic carbocycles. The lowest BCUT2D eigenvalue weighted by atomic mass is 10.1. The van der Waals surface area contributed by atoms with Gasteiger partial charge in [0.05, 0.1) is 17.6 Å². The fourth-order valence-electron chi connectivity index (χ4n) is 2.72. The molecule has 0 unspecified atom stereocenters. The molecule has 130 valence electrons. The third kappa shape index (κ3) is 3.62. The first-order chi connectivity index (χ1) is 12.1. The van der Waals surface area contributed by atoms with Crippen molar-refractivity contribution in [2.75, 3.05) is 13.7 Å². The Morgan fingerprint density at radius 2 is 2.04 bits per heavy atom. The SMILES string of the molecule is COCCc1nc2scc(C(=O)O)c2c(=O)n1CCc1ccccc1. The average molecular weight is 358 g/mol. The van der Waals surface area contributed by atoms with Gasteiger partial charge in [-0.15, -0.1) is 11.3 Å². The molecular formula is C18H18N2O4S. The number of carbonyl (C=O) groups is 1. The van der Waals surface area contributed by atoms with Crippen LogP contribution in [0.1, 0.15) is 21.7 Å². The number of hydrogen-bond donors (Lipinski definition) is 1. The van der Waals surface area contributed by atoms with Gasteiger partial charge in [-0.1, -0.05) is 30.3 Å². The van der Waals surface area contributed by atoms with E-state index >= 15 is 0 Å². The fraction of sp³-hybridized carbons (Fsp3) is 0.278. The molecule has 0 atom stereocenters. The summed E-state index contributed by atoms with van der Waals surface area (Å²) in [4.78, 5) is 29.3. The van der Waals surface area contributed by atoms with Crippen LogP contribution in [0.25, 0.3) is 10.2 Å². The van der Waals surface area contributed by atoms with Crippen molar-refractivity contribution < 1.29 is 14.6 Å². The number of thiophene rings is 1. The maximum atomic E-state index is 12.9. The predicted octanol–water partition coefficient (Wildman–Crippen LogP) is 2.59. The second kappa shape index (κ2) is 7.58. The van der Waals surface area contributed by atoms with E-state index in [0.717, 1.165) is 5.56 Å². The van der Waals surface area contributed by atoms with Crippen molar-refractivity contribution in [2.45, 2.75) is 19.4 Å². The highest BCUT2D eigenvalue weighted by molar-refractivity contribution is 7.17. The van der Waals surface area contributed by atoms with Gasteiger partial charge in [-0.25, -0.2) is 9.78 Å². The average Bonchev–Trinajstić information content (AvgIpc) is 3.04. The van der Waals surface area contributed by atoms with Crippen LogP contribution in [0.15, 0.2) is 40.5 Å². The molecule has 25 heavy (non-hydrogen) atoms. The van der Waals surface area contributed by atoms with E-state index in [-0.39, 0.29) is 16.5 Å². The van der Waals surface area contributed by atoms with Crippen molar-refractivity contribution in [3.8, 4) is 0 Å². The van der Waals surface area contributed by atoms with E-state index in [1.54, 1.807) is 11.7 Å². The van der Waals surface area contributed by atoms with E-state index in [4.69, 9.17) is 4.74 Å². The second-order valence-corrected chi connectivity index (χ2v) is 6.46. The Morgan fingerprint density at radius 3 is 2.72 bits per heavy atom. The molecule has 0 aliphatic heterocycles. The zero-order valence-electron chi connectivity index (χ0n) is 13.8. The highest BCUT2D eigenvalue weighted by Crippen LogP contribution is 2.22. The van der Waals surface area contributed by atoms with Gasteiger partial charge >= 0.3 is 5.97 Å². The van der Waals surface area contributed by atoms with Crippen LogP contribution in [-0.4, -0.2) is 34.3 Å². The molecule has 3 rings (SSSR count). The minimum atomic E-state index is -1.11. The van der Waals surface area contributed by atoms with Crippen LogP contribution in [0, 0.1) is 0 Å². The summed E-state index contributed by atoms with van der Waals surface area (Å²) >= 11 is 1.18. The summed E-state index contributed by atoms with van der Waals surface area (Å²) in [6.45, 7) is 0.889. The van der Waals surface area contributed by atoms with Crippen LogP contribution in [0.5, 0.6) is 0 Å². The van der Waals surface area contributed by atoms with E-state index in [0.29, 0.717) is 36.6 Å². The lowest BCUT2D eigenvalue weighted by molar-refractivity contribution is 0.0699. The molecule has 0 spiro atoms. The van der Waals surface area contributed by atoms with Crippen molar-refractivity contribution in [3.05, 3.63) is 63.0 Å². The van der Waals surface area contributed by atoms with Crippen LogP contribution in [0.4, 0.5) is 0 Å². The normalized spacial score (nSPS) is 11.1. The Kier molecular flexibility index (Phi) is 5.25. The monoisotopic (exact) mass is 358 g/mol. The molecule has 1 N–H and O–H groups in total. The van der Waals surface area contributed by atoms with Crippen LogP contribution in [0.3, 0.4) is 0 Å². The number of rotatable bonds is 7. The number of nitrogens with zero attached hydrogens (tertiary/aromatic N) is 2. The van der Waals surface area contributed by atoms with Gasteiger partial charge in [0, 0.05) is 25.5 Å². The quantitative estimate of drug-likeness (QED) is 0.702. The standard InChI is InChI=1S/C18H18N2O4S/c1-24-10-8-14-19-16-15(13(11-25-16)18(22)23)17(21)20(14)9-7-12-5-3-2-4-6-12/h2-6,11H,7-10H2,1H3,(H,22,23). The summed E-state index contributed by atoms with van der Waals surface area (Å²) in [5.74, 6) is -0.488. The summed E-state index contributed by atoms with van der Waals surface area (Å²) < 4.78 is 6.69. The molecule has 1 aromatic carbocycles. The van der Waals surface area contributed by atoms with Crippen molar-refractivity contribution in [3.63, 3.8) is 0 Å². The molecule has 3 aromatic rings. The molecule has 0 saturated heterocycles. The number of carboxylic acid groups (broad SMARTS) is 1. The van der Waals surface area contributed by atoms with Gasteiger partial charge in [-0.05, 0) is 12.0 Å². The number of carboxylic acids is 1. The zero-order chi connectivity index (χ0) is 17.8. The van der Waals surface area contributed by atoms with E-state index in [1.807, 2.05) is 30.3 Å². The largest absolute Gasteiger partial charge is 0.478 e. The molecule has 7 heteroatoms. The highest BCUT2D eigenvalue weighted by atomic mass is 32.1. The number of aromatic carboxylic acids is 1. The van der Waals surface area contributed by atoms with Crippen LogP contribution in [-0.2, 0) is 24.1 Å². The molecule has 0 radical (unpaired) electrons. The summed E-state index contributed by atoms with van der Waals surface area (Å²) in [5, 5.41) is 11.0. The predicted molar refractivity (Wildman–Crippen MR) is 96.6 cm³/mol. The van der Waals surface area contributed by atoms with Crippen molar-refractivity contribution in [1.29, 1.82) is 0 Å². The number of fused-ring (bicyclic) bond motifs is 1. The number of methoxy groups -OCH3 is 1. The minimum absolute atomic E-state index is 0.0178. The van der Waals surface area contributed by atoms with Crippen LogP contribution < -0.4 is 5.56 Å². The molecule has 2 aromatic heterocycles. The first-order valence-electron chi connectivity index (χ1n) is 7.89. The number of aromatic nitrogens is 2. The molecular weight excluding hydrogens is 340 g/mol. The summed E-state index contributed by atoms with van der Waals surface area (Å²) in [6, 6.07) is 9.84. The number of hydrogen-bond acceptors (Lipinski definition) is 5. The molecule has 0 fully saturated rings. The van der Waals surface area contributed by atoms with Crippen molar-refractivity contribution >= 4 is 27.5 Å². The van der Waals surface area contributed by atoms with Gasteiger partial charge in [-0.2, -0.15) is 0 Å². The summed E-state index contributed by atoms with van der Waals surface area (Å²) in [6.07, 6.45) is 1.16. The second-order valence-electron chi connectivity index (χ2n) is 5.60. The Labute approximate surface area is 148 Å². The van der Waals surface area contributed by atoms with E-state index in [9.17, 15) is 14.7 Å². The fourth-order valence-corrected chi connectivity index (χ4v) is 3.65. The van der Waals surface area contributed by atoms with Gasteiger partial charge in [0.2, 0.25) is 0 Å². The van der Waals surface area contributed by atoms with Gasteiger partial charge in [-0.3, -0.25) is 9.36 Å². The van der Waals surface area contributed by atoms with Gasteiger partial charge in [0.25, 0.3) is 5.56 Å². The van der Waals surface area contributed by atoms with E-state index in [2.05, 4.69) is 4.98 Å².